The molecule has 0 heterocycles. The van der Waals surface area contributed by atoms with Gasteiger partial charge in [0.1, 0.15) is 5.88 Å². The van der Waals surface area contributed by atoms with Crippen molar-refractivity contribution in [3.8, 4) is 0 Å². The largest absolute Gasteiger partial charge is 0.477 e. The maximum absolute atomic E-state index is 10.7. The number of hydrogen-bond donors (Lipinski definition) is 1. The van der Waals surface area contributed by atoms with Crippen molar-refractivity contribution in [3.63, 3.8) is 0 Å². The summed E-state index contributed by atoms with van der Waals surface area (Å²) >= 11 is 1.89. The van der Waals surface area contributed by atoms with Crippen LogP contribution in [0.2, 0.25) is 0 Å². The molecule has 0 atom stereocenters. The summed E-state index contributed by atoms with van der Waals surface area (Å²) < 4.78 is 0.567. The van der Waals surface area contributed by atoms with E-state index in [1.54, 1.807) is 0 Å². The van der Waals surface area contributed by atoms with Crippen molar-refractivity contribution in [2.24, 2.45) is 0 Å². The highest BCUT2D eigenvalue weighted by atomic mass is 32.2. The Bertz CT molecular complexity index is 257. The minimum absolute atomic E-state index is 0.213. The second kappa shape index (κ2) is 13.4. The molecule has 0 aliphatic rings. The van der Waals surface area contributed by atoms with E-state index in [0.29, 0.717) is 4.48 Å². The van der Waals surface area contributed by atoms with Crippen LogP contribution in [0.15, 0.2) is 0 Å². The lowest BCUT2D eigenvalue weighted by molar-refractivity contribution is -0.870. The topological polar surface area (TPSA) is 37.3 Å². The lowest BCUT2D eigenvalue weighted by atomic mass is 10.1. The van der Waals surface area contributed by atoms with Crippen molar-refractivity contribution >= 4 is 17.7 Å². The standard InChI is InChI=1S/C17H35NO2S/c1-4-5-6-7-8-9-10-11-12-13-14-21-16-18(2,3)15-17(19)20/h4-16H2,1-3H3/p+1. The van der Waals surface area contributed by atoms with E-state index >= 15 is 0 Å². The van der Waals surface area contributed by atoms with E-state index in [1.165, 1.54) is 64.2 Å². The quantitative estimate of drug-likeness (QED) is 0.269. The molecule has 0 bridgehead atoms. The Morgan fingerprint density at radius 1 is 0.905 bits per heavy atom. The molecule has 0 fully saturated rings. The fourth-order valence-electron chi connectivity index (χ4n) is 2.42. The van der Waals surface area contributed by atoms with E-state index in [0.717, 1.165) is 11.6 Å². The molecule has 126 valence electrons. The van der Waals surface area contributed by atoms with Gasteiger partial charge in [0, 0.05) is 0 Å². The number of rotatable bonds is 15. The van der Waals surface area contributed by atoms with Gasteiger partial charge in [0.25, 0.3) is 0 Å². The molecule has 0 aromatic rings. The lowest BCUT2D eigenvalue weighted by Gasteiger charge is -2.27. The van der Waals surface area contributed by atoms with Gasteiger partial charge in [0.05, 0.1) is 14.1 Å². The van der Waals surface area contributed by atoms with Crippen molar-refractivity contribution in [1.29, 1.82) is 0 Å². The lowest BCUT2D eigenvalue weighted by Crippen LogP contribution is -2.43. The first-order chi connectivity index (χ1) is 9.98. The zero-order valence-electron chi connectivity index (χ0n) is 14.4. The summed E-state index contributed by atoms with van der Waals surface area (Å²) in [5, 5.41) is 8.82. The van der Waals surface area contributed by atoms with Gasteiger partial charge in [0.2, 0.25) is 0 Å². The first-order valence-electron chi connectivity index (χ1n) is 8.59. The molecule has 0 aromatic carbocycles. The highest BCUT2D eigenvalue weighted by molar-refractivity contribution is 7.99. The first kappa shape index (κ1) is 20.8. The predicted molar refractivity (Wildman–Crippen MR) is 93.8 cm³/mol. The molecule has 0 aliphatic carbocycles. The third-order valence-corrected chi connectivity index (χ3v) is 5.11. The fourth-order valence-corrected chi connectivity index (χ4v) is 3.54. The fraction of sp³-hybridized carbons (Fsp3) is 0.941. The van der Waals surface area contributed by atoms with Gasteiger partial charge in [-0.25, -0.2) is 4.79 Å². The Morgan fingerprint density at radius 3 is 1.86 bits per heavy atom. The van der Waals surface area contributed by atoms with Crippen molar-refractivity contribution in [2.45, 2.75) is 71.1 Å². The zero-order valence-corrected chi connectivity index (χ0v) is 15.2. The average Bonchev–Trinajstić information content (AvgIpc) is 2.38. The van der Waals surface area contributed by atoms with Crippen LogP contribution >= 0.6 is 11.8 Å². The highest BCUT2D eigenvalue weighted by Crippen LogP contribution is 2.14. The van der Waals surface area contributed by atoms with E-state index in [4.69, 9.17) is 5.11 Å². The predicted octanol–water partition coefficient (Wildman–Crippen LogP) is 4.76. The van der Waals surface area contributed by atoms with Crippen molar-refractivity contribution < 1.29 is 14.4 Å². The minimum Gasteiger partial charge on any atom is -0.477 e. The summed E-state index contributed by atoms with van der Waals surface area (Å²) in [4.78, 5) is 10.7. The van der Waals surface area contributed by atoms with Crippen LogP contribution < -0.4 is 0 Å². The summed E-state index contributed by atoms with van der Waals surface area (Å²) in [6.07, 6.45) is 13.7. The Hall–Kier alpha value is -0.220. The zero-order chi connectivity index (χ0) is 16.0. The first-order valence-corrected chi connectivity index (χ1v) is 9.75. The van der Waals surface area contributed by atoms with Crippen LogP contribution in [-0.2, 0) is 4.79 Å². The second-order valence-corrected chi connectivity index (χ2v) is 7.78. The van der Waals surface area contributed by atoms with Gasteiger partial charge in [-0.15, -0.1) is 11.8 Å². The van der Waals surface area contributed by atoms with E-state index in [1.807, 2.05) is 25.9 Å². The van der Waals surface area contributed by atoms with Crippen LogP contribution in [0, 0.1) is 0 Å². The molecule has 0 aromatic heterocycles. The number of unbranched alkanes of at least 4 members (excludes halogenated alkanes) is 9. The van der Waals surface area contributed by atoms with E-state index < -0.39 is 5.97 Å². The normalized spacial score (nSPS) is 11.8. The highest BCUT2D eigenvalue weighted by Gasteiger charge is 2.18. The van der Waals surface area contributed by atoms with Gasteiger partial charge < -0.3 is 9.59 Å². The molecule has 4 heteroatoms. The van der Waals surface area contributed by atoms with Crippen LogP contribution in [0.3, 0.4) is 0 Å². The number of carboxylic acids is 1. The van der Waals surface area contributed by atoms with Gasteiger partial charge in [-0.3, -0.25) is 0 Å². The molecular formula is C17H36NO2S+. The van der Waals surface area contributed by atoms with Gasteiger partial charge in [0.15, 0.2) is 6.54 Å². The third-order valence-electron chi connectivity index (χ3n) is 3.65. The molecule has 0 saturated carbocycles. The van der Waals surface area contributed by atoms with Gasteiger partial charge in [-0.1, -0.05) is 64.7 Å². The molecular weight excluding hydrogens is 282 g/mol. The Labute approximate surface area is 136 Å². The van der Waals surface area contributed by atoms with E-state index in [2.05, 4.69) is 6.92 Å². The van der Waals surface area contributed by atoms with Crippen LogP contribution in [0.25, 0.3) is 0 Å². The number of quaternary nitrogens is 1. The number of aliphatic carboxylic acids is 1. The number of hydrogen-bond acceptors (Lipinski definition) is 2. The van der Waals surface area contributed by atoms with Crippen LogP contribution in [-0.4, -0.2) is 47.8 Å². The molecule has 0 rings (SSSR count). The van der Waals surface area contributed by atoms with Gasteiger partial charge in [-0.05, 0) is 12.2 Å². The van der Waals surface area contributed by atoms with Crippen molar-refractivity contribution in [1.82, 2.24) is 0 Å². The molecule has 0 amide bonds. The molecule has 1 N–H and O–H groups in total. The molecule has 0 saturated heterocycles. The van der Waals surface area contributed by atoms with Crippen molar-refractivity contribution in [3.05, 3.63) is 0 Å². The number of likely N-dealkylation sites (N-methyl/N-ethyl adjacent to an activating group) is 1. The molecule has 3 nitrogen and oxygen atoms in total. The molecule has 0 aliphatic heterocycles. The third kappa shape index (κ3) is 16.0. The molecule has 21 heavy (non-hydrogen) atoms. The summed E-state index contributed by atoms with van der Waals surface area (Å²) in [5.41, 5.74) is 0. The summed E-state index contributed by atoms with van der Waals surface area (Å²) in [6.45, 7) is 2.48. The smallest absolute Gasteiger partial charge is 0.359 e. The molecule has 0 unspecified atom stereocenters. The number of thioether (sulfide) groups is 1. The summed E-state index contributed by atoms with van der Waals surface area (Å²) in [7, 11) is 3.97. The van der Waals surface area contributed by atoms with Gasteiger partial charge >= 0.3 is 5.97 Å². The van der Waals surface area contributed by atoms with Crippen LogP contribution in [0.5, 0.6) is 0 Å². The number of carboxylic acid groups (broad SMARTS) is 1. The maximum atomic E-state index is 10.7. The average molecular weight is 319 g/mol. The monoisotopic (exact) mass is 318 g/mol. The Morgan fingerprint density at radius 2 is 1.38 bits per heavy atom. The Balaban J connectivity index is 3.24. The van der Waals surface area contributed by atoms with E-state index in [-0.39, 0.29) is 6.54 Å². The summed E-state index contributed by atoms with van der Waals surface area (Å²) in [6, 6.07) is 0. The second-order valence-electron chi connectivity index (χ2n) is 6.71. The van der Waals surface area contributed by atoms with Crippen molar-refractivity contribution in [2.75, 3.05) is 32.3 Å². The number of nitrogens with zero attached hydrogens (tertiary/aromatic N) is 1. The maximum Gasteiger partial charge on any atom is 0.359 e. The van der Waals surface area contributed by atoms with Gasteiger partial charge in [-0.2, -0.15) is 0 Å². The van der Waals surface area contributed by atoms with Crippen LogP contribution in [0.1, 0.15) is 71.1 Å². The van der Waals surface area contributed by atoms with Crippen LogP contribution in [0.4, 0.5) is 0 Å². The van der Waals surface area contributed by atoms with E-state index in [9.17, 15) is 4.79 Å². The molecule has 0 spiro atoms. The minimum atomic E-state index is -0.709. The molecule has 0 radical (unpaired) electrons. The SMILES string of the molecule is CCCCCCCCCCCCSC[N+](C)(C)CC(=O)O. The summed E-state index contributed by atoms with van der Waals surface area (Å²) in [5.74, 6) is 1.35. The number of carbonyl (C=O) groups is 1. The Kier molecular flexibility index (Phi) is 13.3.